The van der Waals surface area contributed by atoms with Crippen molar-refractivity contribution in [2.24, 2.45) is 7.05 Å². The minimum absolute atomic E-state index is 0. The van der Waals surface area contributed by atoms with Crippen LogP contribution < -0.4 is 6.15 Å². The van der Waals surface area contributed by atoms with Crippen LogP contribution in [-0.4, -0.2) is 4.57 Å². The number of aromatic nitrogens is 1. The van der Waals surface area contributed by atoms with Crippen LogP contribution in [0.2, 0.25) is 0 Å². The third-order valence-corrected chi connectivity index (χ3v) is 2.57. The summed E-state index contributed by atoms with van der Waals surface area (Å²) in [4.78, 5) is 0. The summed E-state index contributed by atoms with van der Waals surface area (Å²) in [5.41, 5.74) is 3.99. The molecular weight excluding hydrogens is 172 g/mol. The Morgan fingerprint density at radius 1 is 1.36 bits per heavy atom. The van der Waals surface area contributed by atoms with E-state index in [1.807, 2.05) is 0 Å². The quantitative estimate of drug-likeness (QED) is 0.736. The highest BCUT2D eigenvalue weighted by Gasteiger charge is 2.05. The van der Waals surface area contributed by atoms with Crippen molar-refractivity contribution in [3.8, 4) is 0 Å². The average Bonchev–Trinajstić information content (AvgIpc) is 2.45. The minimum Gasteiger partial charge on any atom is -0.350 e. The SMILES string of the molecule is N.[CH2]Cc1cn(C)c2cccc(C)c12. The lowest BCUT2D eigenvalue weighted by Crippen LogP contribution is -1.83. The van der Waals surface area contributed by atoms with E-state index in [9.17, 15) is 0 Å². The smallest absolute Gasteiger partial charge is 0.0483 e. The van der Waals surface area contributed by atoms with Gasteiger partial charge in [0.15, 0.2) is 0 Å². The number of aryl methyl sites for hydroxylation is 2. The second kappa shape index (κ2) is 3.84. The Labute approximate surface area is 85.1 Å². The normalized spacial score (nSPS) is 10.2. The fraction of sp³-hybridized carbons (Fsp3) is 0.250. The fourth-order valence-corrected chi connectivity index (χ4v) is 1.92. The van der Waals surface area contributed by atoms with Gasteiger partial charge in [-0.15, -0.1) is 0 Å². The number of fused-ring (bicyclic) bond motifs is 1. The Kier molecular flexibility index (Phi) is 2.96. The van der Waals surface area contributed by atoms with E-state index in [0.717, 1.165) is 6.42 Å². The third-order valence-electron chi connectivity index (χ3n) is 2.57. The van der Waals surface area contributed by atoms with Gasteiger partial charge in [-0.2, -0.15) is 0 Å². The molecule has 2 heteroatoms. The van der Waals surface area contributed by atoms with Crippen molar-refractivity contribution in [3.05, 3.63) is 42.4 Å². The maximum Gasteiger partial charge on any atom is 0.0483 e. The van der Waals surface area contributed by atoms with Crippen LogP contribution in [0, 0.1) is 13.8 Å². The van der Waals surface area contributed by atoms with E-state index >= 15 is 0 Å². The Bertz CT molecular complexity index is 441. The summed E-state index contributed by atoms with van der Waals surface area (Å²) in [7, 11) is 2.08. The van der Waals surface area contributed by atoms with Gasteiger partial charge in [0, 0.05) is 24.1 Å². The van der Waals surface area contributed by atoms with Crippen LogP contribution in [0.3, 0.4) is 0 Å². The standard InChI is InChI=1S/C12H14N.H3N/c1-4-10-8-13(3)11-7-5-6-9(2)12(10)11;/h5-8H,1,4H2,2-3H3;1H3. The molecule has 1 radical (unpaired) electrons. The van der Waals surface area contributed by atoms with Crippen LogP contribution in [0.4, 0.5) is 0 Å². The molecule has 1 aromatic heterocycles. The van der Waals surface area contributed by atoms with Crippen LogP contribution >= 0.6 is 0 Å². The first-order valence-electron chi connectivity index (χ1n) is 4.57. The zero-order valence-corrected chi connectivity index (χ0v) is 8.88. The van der Waals surface area contributed by atoms with Crippen molar-refractivity contribution in [2.45, 2.75) is 13.3 Å². The summed E-state index contributed by atoms with van der Waals surface area (Å²) >= 11 is 0. The molecule has 2 nitrogen and oxygen atoms in total. The van der Waals surface area contributed by atoms with E-state index < -0.39 is 0 Å². The molecule has 75 valence electrons. The lowest BCUT2D eigenvalue weighted by molar-refractivity contribution is 0.960. The van der Waals surface area contributed by atoms with Crippen molar-refractivity contribution < 1.29 is 0 Å². The number of hydrogen-bond acceptors (Lipinski definition) is 1. The summed E-state index contributed by atoms with van der Waals surface area (Å²) in [5.74, 6) is 0. The predicted molar refractivity (Wildman–Crippen MR) is 61.7 cm³/mol. The number of benzene rings is 1. The fourth-order valence-electron chi connectivity index (χ4n) is 1.92. The molecule has 0 unspecified atom stereocenters. The Hall–Kier alpha value is -1.28. The number of rotatable bonds is 1. The van der Waals surface area contributed by atoms with E-state index in [0.29, 0.717) is 0 Å². The third kappa shape index (κ3) is 1.42. The molecule has 0 fully saturated rings. The molecule has 2 aromatic rings. The van der Waals surface area contributed by atoms with Gasteiger partial charge in [-0.25, -0.2) is 0 Å². The molecule has 0 amide bonds. The summed E-state index contributed by atoms with van der Waals surface area (Å²) in [6, 6.07) is 6.41. The molecular formula is C12H17N2. The van der Waals surface area contributed by atoms with E-state index in [2.05, 4.69) is 49.9 Å². The molecule has 0 bridgehead atoms. The Balaban J connectivity index is 0.000000980. The lowest BCUT2D eigenvalue weighted by atomic mass is 10.1. The Morgan fingerprint density at radius 3 is 2.71 bits per heavy atom. The van der Waals surface area contributed by atoms with Gasteiger partial charge >= 0.3 is 0 Å². The Morgan fingerprint density at radius 2 is 2.07 bits per heavy atom. The molecule has 0 spiro atoms. The first kappa shape index (κ1) is 10.8. The second-order valence-electron chi connectivity index (χ2n) is 3.48. The average molecular weight is 189 g/mol. The molecule has 0 saturated carbocycles. The van der Waals surface area contributed by atoms with Gasteiger partial charge in [-0.3, -0.25) is 0 Å². The topological polar surface area (TPSA) is 39.9 Å². The largest absolute Gasteiger partial charge is 0.350 e. The lowest BCUT2D eigenvalue weighted by Gasteiger charge is -1.99. The maximum absolute atomic E-state index is 3.95. The van der Waals surface area contributed by atoms with Crippen molar-refractivity contribution in [2.75, 3.05) is 0 Å². The molecule has 0 atom stereocenters. The first-order chi connectivity index (χ1) is 6.24. The van der Waals surface area contributed by atoms with E-state index in [4.69, 9.17) is 0 Å². The van der Waals surface area contributed by atoms with Gasteiger partial charge in [0.2, 0.25) is 0 Å². The zero-order valence-electron chi connectivity index (χ0n) is 8.88. The van der Waals surface area contributed by atoms with Gasteiger partial charge < -0.3 is 10.7 Å². The summed E-state index contributed by atoms with van der Waals surface area (Å²) in [5, 5.41) is 1.38. The first-order valence-corrected chi connectivity index (χ1v) is 4.57. The summed E-state index contributed by atoms with van der Waals surface area (Å²) in [6.45, 7) is 6.10. The van der Waals surface area contributed by atoms with Crippen molar-refractivity contribution in [1.29, 1.82) is 0 Å². The number of hydrogen-bond donors (Lipinski definition) is 1. The molecule has 0 aliphatic carbocycles. The molecule has 0 aliphatic rings. The zero-order chi connectivity index (χ0) is 9.42. The van der Waals surface area contributed by atoms with Crippen molar-refractivity contribution >= 4 is 10.9 Å². The van der Waals surface area contributed by atoms with Gasteiger partial charge in [-0.05, 0) is 37.5 Å². The summed E-state index contributed by atoms with van der Waals surface area (Å²) in [6.07, 6.45) is 3.03. The van der Waals surface area contributed by atoms with Crippen LogP contribution in [0.1, 0.15) is 11.1 Å². The molecule has 0 aliphatic heterocycles. The van der Waals surface area contributed by atoms with Crippen molar-refractivity contribution in [3.63, 3.8) is 0 Å². The minimum atomic E-state index is 0. The van der Waals surface area contributed by atoms with E-state index in [1.165, 1.54) is 22.0 Å². The molecule has 0 saturated heterocycles. The molecule has 14 heavy (non-hydrogen) atoms. The second-order valence-corrected chi connectivity index (χ2v) is 3.48. The van der Waals surface area contributed by atoms with Gasteiger partial charge in [0.25, 0.3) is 0 Å². The predicted octanol–water partition coefficient (Wildman–Crippen LogP) is 3.03. The van der Waals surface area contributed by atoms with Crippen LogP contribution in [0.25, 0.3) is 10.9 Å². The van der Waals surface area contributed by atoms with Gasteiger partial charge in [0.05, 0.1) is 0 Å². The highest BCUT2D eigenvalue weighted by atomic mass is 14.9. The number of nitrogens with zero attached hydrogens (tertiary/aromatic N) is 1. The highest BCUT2D eigenvalue weighted by Crippen LogP contribution is 2.24. The van der Waals surface area contributed by atoms with Crippen LogP contribution in [0.15, 0.2) is 24.4 Å². The van der Waals surface area contributed by atoms with Gasteiger partial charge in [-0.1, -0.05) is 12.1 Å². The monoisotopic (exact) mass is 189 g/mol. The van der Waals surface area contributed by atoms with Gasteiger partial charge in [0.1, 0.15) is 0 Å². The summed E-state index contributed by atoms with van der Waals surface area (Å²) < 4.78 is 2.17. The van der Waals surface area contributed by atoms with Crippen molar-refractivity contribution in [1.82, 2.24) is 10.7 Å². The highest BCUT2D eigenvalue weighted by molar-refractivity contribution is 5.87. The molecule has 2 rings (SSSR count). The molecule has 1 heterocycles. The maximum atomic E-state index is 3.95. The van der Waals surface area contributed by atoms with Crippen LogP contribution in [0.5, 0.6) is 0 Å². The van der Waals surface area contributed by atoms with E-state index in [-0.39, 0.29) is 6.15 Å². The molecule has 3 N–H and O–H groups in total. The van der Waals surface area contributed by atoms with E-state index in [1.54, 1.807) is 0 Å². The molecule has 1 aromatic carbocycles. The van der Waals surface area contributed by atoms with Crippen LogP contribution in [-0.2, 0) is 13.5 Å².